The van der Waals surface area contributed by atoms with E-state index in [4.69, 9.17) is 11.6 Å². The van der Waals surface area contributed by atoms with Gasteiger partial charge in [-0.25, -0.2) is 12.4 Å². The third-order valence-electron chi connectivity index (χ3n) is 4.78. The first kappa shape index (κ1) is 19.9. The van der Waals surface area contributed by atoms with Crippen LogP contribution in [0.4, 0.5) is 0 Å². The van der Waals surface area contributed by atoms with Crippen molar-refractivity contribution in [1.29, 1.82) is 0 Å². The fourth-order valence-electron chi connectivity index (χ4n) is 3.11. The second-order valence-corrected chi connectivity index (χ2v) is 8.71. The summed E-state index contributed by atoms with van der Waals surface area (Å²) in [7, 11) is -4.14. The van der Waals surface area contributed by atoms with Crippen LogP contribution in [-0.2, 0) is 16.6 Å². The fourth-order valence-corrected chi connectivity index (χ4v) is 4.64. The number of aromatic nitrogens is 1. The second kappa shape index (κ2) is 8.02. The number of likely N-dealkylation sites (N-methyl/N-ethyl adjacent to an activating group) is 1. The monoisotopic (exact) mass is 411 g/mol. The molecule has 1 fully saturated rings. The van der Waals surface area contributed by atoms with Crippen LogP contribution in [0.1, 0.15) is 12.5 Å². The molecule has 0 saturated carbocycles. The molecule has 0 spiro atoms. The summed E-state index contributed by atoms with van der Waals surface area (Å²) in [5.74, 6) is -0.541. The van der Waals surface area contributed by atoms with Gasteiger partial charge in [-0.2, -0.15) is 0 Å². The number of nitrogens with zero attached hydrogens (tertiary/aromatic N) is 3. The molecule has 27 heavy (non-hydrogen) atoms. The minimum Gasteiger partial charge on any atom is -0.503 e. The van der Waals surface area contributed by atoms with Crippen LogP contribution in [0.15, 0.2) is 46.2 Å². The zero-order valence-corrected chi connectivity index (χ0v) is 16.6. The van der Waals surface area contributed by atoms with Gasteiger partial charge in [0.1, 0.15) is 0 Å². The van der Waals surface area contributed by atoms with Gasteiger partial charge in [-0.15, -0.1) is 0 Å². The first-order valence-corrected chi connectivity index (χ1v) is 10.5. The Morgan fingerprint density at radius 3 is 2.41 bits per heavy atom. The van der Waals surface area contributed by atoms with E-state index in [2.05, 4.69) is 16.7 Å². The van der Waals surface area contributed by atoms with Crippen molar-refractivity contribution in [1.82, 2.24) is 13.8 Å². The Balaban J connectivity index is 1.86. The van der Waals surface area contributed by atoms with Gasteiger partial charge in [0.25, 0.3) is 10.0 Å². The largest absolute Gasteiger partial charge is 0.503 e. The van der Waals surface area contributed by atoms with Crippen molar-refractivity contribution in [3.05, 3.63) is 57.5 Å². The van der Waals surface area contributed by atoms with Crippen LogP contribution < -0.4 is 5.56 Å². The number of rotatable bonds is 5. The molecule has 1 aromatic heterocycles. The summed E-state index contributed by atoms with van der Waals surface area (Å²) in [6, 6.07) is 7.13. The summed E-state index contributed by atoms with van der Waals surface area (Å²) in [4.78, 5) is 16.9. The predicted octanol–water partition coefficient (Wildman–Crippen LogP) is 1.58. The van der Waals surface area contributed by atoms with Crippen LogP contribution in [0.5, 0.6) is 5.75 Å². The highest BCUT2D eigenvalue weighted by molar-refractivity contribution is 7.90. The summed E-state index contributed by atoms with van der Waals surface area (Å²) < 4.78 is 26.0. The molecule has 9 heteroatoms. The van der Waals surface area contributed by atoms with Gasteiger partial charge >= 0.3 is 5.56 Å². The third kappa shape index (κ3) is 4.19. The van der Waals surface area contributed by atoms with Crippen molar-refractivity contribution in [3.63, 3.8) is 0 Å². The van der Waals surface area contributed by atoms with E-state index in [0.29, 0.717) is 16.1 Å². The standard InChI is InChI=1S/C18H22ClN3O4S/c1-2-20-8-10-21(11-9-20)13-14-6-7-22(18(24)17(14)23)27(25,26)16-5-3-4-15(19)12-16/h3-7,12,23H,2,8-11,13H2,1H3. The van der Waals surface area contributed by atoms with E-state index in [9.17, 15) is 18.3 Å². The van der Waals surface area contributed by atoms with E-state index in [1.807, 2.05) is 0 Å². The van der Waals surface area contributed by atoms with E-state index in [1.54, 1.807) is 6.07 Å². The van der Waals surface area contributed by atoms with Gasteiger partial charge in [0.15, 0.2) is 5.75 Å². The van der Waals surface area contributed by atoms with Gasteiger partial charge in [-0.05, 0) is 30.8 Å². The van der Waals surface area contributed by atoms with Gasteiger partial charge in [0.05, 0.1) is 4.90 Å². The first-order valence-electron chi connectivity index (χ1n) is 8.72. The molecule has 7 nitrogen and oxygen atoms in total. The van der Waals surface area contributed by atoms with Crippen LogP contribution in [-0.4, -0.2) is 60.0 Å². The average molecular weight is 412 g/mol. The van der Waals surface area contributed by atoms with Crippen molar-refractivity contribution in [2.24, 2.45) is 0 Å². The lowest BCUT2D eigenvalue weighted by molar-refractivity contribution is 0.131. The van der Waals surface area contributed by atoms with Gasteiger partial charge in [-0.1, -0.05) is 24.6 Å². The minimum atomic E-state index is -4.14. The molecule has 1 aliphatic rings. The summed E-state index contributed by atoms with van der Waals surface area (Å²) >= 11 is 5.85. The van der Waals surface area contributed by atoms with E-state index >= 15 is 0 Å². The smallest absolute Gasteiger partial charge is 0.306 e. The normalized spacial score (nSPS) is 16.5. The number of halogens is 1. The quantitative estimate of drug-likeness (QED) is 0.804. The molecule has 0 radical (unpaired) electrons. The molecule has 1 saturated heterocycles. The Labute approximate surface area is 163 Å². The van der Waals surface area contributed by atoms with E-state index < -0.39 is 21.3 Å². The molecule has 3 rings (SSSR count). The molecule has 1 N–H and O–H groups in total. The Kier molecular flexibility index (Phi) is 5.90. The van der Waals surface area contributed by atoms with Gasteiger partial charge in [0, 0.05) is 49.5 Å². The lowest BCUT2D eigenvalue weighted by Crippen LogP contribution is -2.45. The molecular formula is C18H22ClN3O4S. The van der Waals surface area contributed by atoms with Crippen LogP contribution in [0, 0.1) is 0 Å². The summed E-state index contributed by atoms with van der Waals surface area (Å²) in [5.41, 5.74) is -0.540. The van der Waals surface area contributed by atoms with E-state index in [1.165, 1.54) is 30.5 Å². The van der Waals surface area contributed by atoms with E-state index in [-0.39, 0.29) is 9.92 Å². The fraction of sp³-hybridized carbons (Fsp3) is 0.389. The lowest BCUT2D eigenvalue weighted by Gasteiger charge is -2.34. The zero-order chi connectivity index (χ0) is 19.6. The molecular weight excluding hydrogens is 390 g/mol. The molecule has 2 heterocycles. The van der Waals surface area contributed by atoms with Gasteiger partial charge in [0.2, 0.25) is 0 Å². The number of hydrogen-bond donors (Lipinski definition) is 1. The maximum absolute atomic E-state index is 12.7. The Morgan fingerprint density at radius 1 is 1.11 bits per heavy atom. The van der Waals surface area contributed by atoms with Crippen LogP contribution in [0.2, 0.25) is 5.02 Å². The van der Waals surface area contributed by atoms with Crippen molar-refractivity contribution >= 4 is 21.6 Å². The Hall–Kier alpha value is -1.87. The maximum atomic E-state index is 12.7. The molecule has 0 aliphatic carbocycles. The molecule has 1 aromatic carbocycles. The van der Waals surface area contributed by atoms with Crippen molar-refractivity contribution in [2.75, 3.05) is 32.7 Å². The molecule has 0 atom stereocenters. The summed E-state index contributed by atoms with van der Waals surface area (Å²) in [5, 5.41) is 10.6. The molecule has 2 aromatic rings. The average Bonchev–Trinajstić information content (AvgIpc) is 2.66. The SMILES string of the molecule is CCN1CCN(Cc2ccn(S(=O)(=O)c3cccc(Cl)c3)c(=O)c2O)CC1. The highest BCUT2D eigenvalue weighted by atomic mass is 35.5. The number of pyridine rings is 1. The van der Waals surface area contributed by atoms with Gasteiger partial charge < -0.3 is 10.0 Å². The highest BCUT2D eigenvalue weighted by Crippen LogP contribution is 2.20. The molecule has 0 amide bonds. The third-order valence-corrected chi connectivity index (χ3v) is 6.67. The predicted molar refractivity (Wildman–Crippen MR) is 104 cm³/mol. The summed E-state index contributed by atoms with van der Waals surface area (Å²) in [6.07, 6.45) is 1.19. The number of aromatic hydroxyl groups is 1. The first-order chi connectivity index (χ1) is 12.8. The molecule has 1 aliphatic heterocycles. The molecule has 0 bridgehead atoms. The number of hydrogen-bond acceptors (Lipinski definition) is 6. The molecule has 146 valence electrons. The van der Waals surface area contributed by atoms with Crippen molar-refractivity contribution in [2.45, 2.75) is 18.4 Å². The summed E-state index contributed by atoms with van der Waals surface area (Å²) in [6.45, 7) is 7.03. The lowest BCUT2D eigenvalue weighted by atomic mass is 10.2. The van der Waals surface area contributed by atoms with Gasteiger partial charge in [-0.3, -0.25) is 9.69 Å². The van der Waals surface area contributed by atoms with E-state index in [0.717, 1.165) is 32.7 Å². The second-order valence-electron chi connectivity index (χ2n) is 6.46. The van der Waals surface area contributed by atoms with Crippen LogP contribution in [0.3, 0.4) is 0 Å². The minimum absolute atomic E-state index is 0.111. The zero-order valence-electron chi connectivity index (χ0n) is 15.0. The number of piperazine rings is 1. The van der Waals surface area contributed by atoms with Crippen LogP contribution in [0.25, 0.3) is 0 Å². The van der Waals surface area contributed by atoms with Crippen LogP contribution >= 0.6 is 11.6 Å². The van der Waals surface area contributed by atoms with Crippen molar-refractivity contribution < 1.29 is 13.5 Å². The highest BCUT2D eigenvalue weighted by Gasteiger charge is 2.23. The Morgan fingerprint density at radius 2 is 1.78 bits per heavy atom. The Bertz CT molecular complexity index is 982. The van der Waals surface area contributed by atoms with Crippen molar-refractivity contribution in [3.8, 4) is 5.75 Å². The maximum Gasteiger partial charge on any atom is 0.306 e. The molecule has 0 unspecified atom stereocenters. The topological polar surface area (TPSA) is 82.8 Å². The number of benzene rings is 1.